The number of nitrogens with zero attached hydrogens (tertiary/aromatic N) is 5. The molecule has 7 nitrogen and oxygen atoms in total. The van der Waals surface area contributed by atoms with Crippen LogP contribution >= 0.6 is 0 Å². The molecule has 1 aromatic carbocycles. The number of carbonyl (C=O) groups excluding carboxylic acids is 1. The summed E-state index contributed by atoms with van der Waals surface area (Å²) in [5.74, 6) is -0.675. The molecule has 1 saturated carbocycles. The minimum absolute atomic E-state index is 0.0797. The monoisotopic (exact) mass is 398 g/mol. The number of rotatable bonds is 4. The summed E-state index contributed by atoms with van der Waals surface area (Å²) in [4.78, 5) is 17.0. The Balaban J connectivity index is 1.28. The maximum absolute atomic E-state index is 14.1. The van der Waals surface area contributed by atoms with E-state index in [-0.39, 0.29) is 17.5 Å². The van der Waals surface area contributed by atoms with Gasteiger partial charge in [-0.05, 0) is 37.8 Å². The molecule has 5 rings (SSSR count). The van der Waals surface area contributed by atoms with Gasteiger partial charge in [0.25, 0.3) is 5.91 Å². The highest BCUT2D eigenvalue weighted by molar-refractivity contribution is 5.92. The van der Waals surface area contributed by atoms with Gasteiger partial charge >= 0.3 is 0 Å². The molecule has 1 aliphatic heterocycles. The van der Waals surface area contributed by atoms with Gasteiger partial charge in [-0.3, -0.25) is 4.79 Å². The molecule has 2 aliphatic rings. The Labute approximate surface area is 165 Å². The second-order valence-corrected chi connectivity index (χ2v) is 7.70. The summed E-state index contributed by atoms with van der Waals surface area (Å²) in [6.07, 6.45) is 8.18. The van der Waals surface area contributed by atoms with Gasteiger partial charge in [-0.25, -0.2) is 18.4 Å². The fraction of sp³-hybridized carbons (Fsp3) is 0.400. The third kappa shape index (κ3) is 3.41. The molecule has 1 unspecified atom stereocenters. The van der Waals surface area contributed by atoms with Crippen LogP contribution in [0.5, 0.6) is 0 Å². The molecule has 150 valence electrons. The molecule has 1 N–H and O–H groups in total. The third-order valence-corrected chi connectivity index (χ3v) is 5.73. The van der Waals surface area contributed by atoms with Crippen molar-refractivity contribution in [2.75, 3.05) is 0 Å². The Morgan fingerprint density at radius 3 is 2.79 bits per heavy atom. The zero-order valence-corrected chi connectivity index (χ0v) is 15.7. The van der Waals surface area contributed by atoms with Gasteiger partial charge in [0, 0.05) is 36.8 Å². The molecule has 0 saturated heterocycles. The lowest BCUT2D eigenvalue weighted by Gasteiger charge is -2.25. The maximum Gasteiger partial charge on any atom is 0.273 e. The molecular formula is C20H20F2N6O. The number of hydrogen-bond donors (Lipinski definition) is 1. The summed E-state index contributed by atoms with van der Waals surface area (Å²) in [5, 5.41) is 11.1. The number of amides is 1. The van der Waals surface area contributed by atoms with Crippen LogP contribution in [0.1, 0.15) is 48.0 Å². The minimum atomic E-state index is -0.639. The van der Waals surface area contributed by atoms with Crippen LogP contribution in [-0.2, 0) is 13.0 Å². The molecule has 3 heterocycles. The number of aryl methyl sites for hydroxylation is 1. The molecule has 9 heteroatoms. The van der Waals surface area contributed by atoms with Crippen LogP contribution in [0.25, 0.3) is 11.3 Å². The molecule has 0 radical (unpaired) electrons. The van der Waals surface area contributed by atoms with E-state index in [1.807, 2.05) is 4.57 Å². The van der Waals surface area contributed by atoms with Crippen LogP contribution < -0.4 is 5.32 Å². The van der Waals surface area contributed by atoms with Crippen molar-refractivity contribution in [2.45, 2.75) is 50.7 Å². The van der Waals surface area contributed by atoms with E-state index >= 15 is 0 Å². The Bertz CT molecular complexity index is 1070. The van der Waals surface area contributed by atoms with Crippen LogP contribution in [0, 0.1) is 11.6 Å². The fourth-order valence-electron chi connectivity index (χ4n) is 3.86. The number of nitrogens with one attached hydrogen (secondary N) is 1. The molecule has 2 aromatic heterocycles. The molecule has 1 fully saturated rings. The van der Waals surface area contributed by atoms with Crippen molar-refractivity contribution in [1.82, 2.24) is 29.9 Å². The average Bonchev–Trinajstić information content (AvgIpc) is 3.27. The smallest absolute Gasteiger partial charge is 0.273 e. The normalized spacial score (nSPS) is 18.9. The molecule has 1 atom stereocenters. The lowest BCUT2D eigenvalue weighted by Crippen LogP contribution is -2.41. The molecule has 3 aromatic rings. The van der Waals surface area contributed by atoms with Crippen LogP contribution in [0.4, 0.5) is 8.78 Å². The first kappa shape index (κ1) is 18.0. The summed E-state index contributed by atoms with van der Waals surface area (Å²) >= 11 is 0. The quantitative estimate of drug-likeness (QED) is 0.733. The van der Waals surface area contributed by atoms with E-state index in [1.165, 1.54) is 18.6 Å². The predicted octanol–water partition coefficient (Wildman–Crippen LogP) is 2.89. The number of halogens is 2. The number of carbonyl (C=O) groups is 1. The summed E-state index contributed by atoms with van der Waals surface area (Å²) in [5.41, 5.74) is 1.05. The van der Waals surface area contributed by atoms with E-state index in [9.17, 15) is 13.6 Å². The van der Waals surface area contributed by atoms with Crippen LogP contribution in [0.3, 0.4) is 0 Å². The summed E-state index contributed by atoms with van der Waals surface area (Å²) in [6, 6.07) is 3.75. The Kier molecular flexibility index (Phi) is 4.37. The zero-order chi connectivity index (χ0) is 20.0. The Morgan fingerprint density at radius 1 is 1.17 bits per heavy atom. The Hall–Kier alpha value is -3.10. The van der Waals surface area contributed by atoms with Crippen molar-refractivity contribution < 1.29 is 13.6 Å². The van der Waals surface area contributed by atoms with Gasteiger partial charge in [-0.2, -0.15) is 0 Å². The van der Waals surface area contributed by atoms with Gasteiger partial charge in [0.2, 0.25) is 0 Å². The molecule has 0 bridgehead atoms. The highest BCUT2D eigenvalue weighted by Crippen LogP contribution is 2.30. The van der Waals surface area contributed by atoms with E-state index in [2.05, 4.69) is 20.6 Å². The summed E-state index contributed by atoms with van der Waals surface area (Å²) in [7, 11) is 0. The van der Waals surface area contributed by atoms with Crippen LogP contribution in [-0.4, -0.2) is 36.5 Å². The number of fused-ring (bicyclic) bond motifs is 1. The van der Waals surface area contributed by atoms with Gasteiger partial charge in [0.15, 0.2) is 5.69 Å². The summed E-state index contributed by atoms with van der Waals surface area (Å²) < 4.78 is 30.9. The fourth-order valence-corrected chi connectivity index (χ4v) is 3.86. The largest absolute Gasteiger partial charge is 0.346 e. The van der Waals surface area contributed by atoms with E-state index in [1.54, 1.807) is 17.1 Å². The highest BCUT2D eigenvalue weighted by atomic mass is 19.1. The number of imidazole rings is 1. The SMILES string of the molecule is O=C(NC1CCc2nc(-c3ccc(F)cc3F)cn2C1)c1cn(C2CCC2)nn1. The van der Waals surface area contributed by atoms with Crippen molar-refractivity contribution in [3.05, 3.63) is 53.7 Å². The highest BCUT2D eigenvalue weighted by Gasteiger charge is 2.26. The first-order valence-electron chi connectivity index (χ1n) is 9.81. The van der Waals surface area contributed by atoms with E-state index < -0.39 is 11.6 Å². The molecule has 1 aliphatic carbocycles. The van der Waals surface area contributed by atoms with Gasteiger partial charge in [0.1, 0.15) is 17.5 Å². The van der Waals surface area contributed by atoms with Gasteiger partial charge in [-0.1, -0.05) is 5.21 Å². The third-order valence-electron chi connectivity index (χ3n) is 5.73. The topological polar surface area (TPSA) is 77.6 Å². The number of benzene rings is 1. The first-order chi connectivity index (χ1) is 14.1. The lowest BCUT2D eigenvalue weighted by atomic mass is 9.93. The Morgan fingerprint density at radius 2 is 2.03 bits per heavy atom. The molecular weight excluding hydrogens is 378 g/mol. The van der Waals surface area contributed by atoms with E-state index in [0.717, 1.165) is 31.2 Å². The average molecular weight is 398 g/mol. The van der Waals surface area contributed by atoms with Gasteiger partial charge < -0.3 is 9.88 Å². The standard InChI is InChI=1S/C20H20F2N6O/c21-12-4-6-15(16(22)8-12)17-10-27-9-13(5-7-19(27)24-17)23-20(29)18-11-28(26-25-18)14-2-1-3-14/h4,6,8,10-11,13-14H,1-3,5,7,9H2,(H,23,29). The second-order valence-electron chi connectivity index (χ2n) is 7.70. The van der Waals surface area contributed by atoms with Crippen molar-refractivity contribution in [2.24, 2.45) is 0 Å². The second kappa shape index (κ2) is 7.06. The van der Waals surface area contributed by atoms with Crippen molar-refractivity contribution >= 4 is 5.91 Å². The van der Waals surface area contributed by atoms with Gasteiger partial charge in [0.05, 0.1) is 17.9 Å². The predicted molar refractivity (Wildman–Crippen MR) is 100 cm³/mol. The molecule has 29 heavy (non-hydrogen) atoms. The van der Waals surface area contributed by atoms with E-state index in [0.29, 0.717) is 30.4 Å². The van der Waals surface area contributed by atoms with Crippen molar-refractivity contribution in [3.63, 3.8) is 0 Å². The van der Waals surface area contributed by atoms with Crippen LogP contribution in [0.2, 0.25) is 0 Å². The summed E-state index contributed by atoms with van der Waals surface area (Å²) in [6.45, 7) is 0.535. The van der Waals surface area contributed by atoms with Crippen molar-refractivity contribution in [1.29, 1.82) is 0 Å². The first-order valence-corrected chi connectivity index (χ1v) is 9.81. The van der Waals surface area contributed by atoms with Crippen LogP contribution in [0.15, 0.2) is 30.6 Å². The van der Waals surface area contributed by atoms with Gasteiger partial charge in [-0.15, -0.1) is 5.10 Å². The lowest BCUT2D eigenvalue weighted by molar-refractivity contribution is 0.0922. The molecule has 0 spiro atoms. The minimum Gasteiger partial charge on any atom is -0.346 e. The van der Waals surface area contributed by atoms with Crippen molar-refractivity contribution in [3.8, 4) is 11.3 Å². The zero-order valence-electron chi connectivity index (χ0n) is 15.7. The number of hydrogen-bond acceptors (Lipinski definition) is 4. The number of aromatic nitrogens is 5. The molecule has 1 amide bonds. The maximum atomic E-state index is 14.1. The van der Waals surface area contributed by atoms with E-state index in [4.69, 9.17) is 0 Å².